The van der Waals surface area contributed by atoms with E-state index in [1.807, 2.05) is 42.5 Å². The molecule has 3 aromatic carbocycles. The van der Waals surface area contributed by atoms with Gasteiger partial charge in [0.2, 0.25) is 0 Å². The standard InChI is InChI=1S/C19H14Cl3NOS/c20-13-5-7-15(8-6-13)25-18-4-2-1-3-12(18)11-23-17-10-14(21)9-16(22)19(17)24/h1-10,23-24H,11H2. The third-order valence-electron chi connectivity index (χ3n) is 3.51. The summed E-state index contributed by atoms with van der Waals surface area (Å²) in [5, 5.41) is 14.7. The highest BCUT2D eigenvalue weighted by Crippen LogP contribution is 2.36. The normalized spacial score (nSPS) is 10.7. The van der Waals surface area contributed by atoms with E-state index >= 15 is 0 Å². The van der Waals surface area contributed by atoms with Gasteiger partial charge in [0.05, 0.1) is 10.7 Å². The van der Waals surface area contributed by atoms with E-state index in [4.69, 9.17) is 34.8 Å². The number of phenols is 1. The van der Waals surface area contributed by atoms with Gasteiger partial charge in [0.25, 0.3) is 0 Å². The van der Waals surface area contributed by atoms with Crippen LogP contribution in [0.25, 0.3) is 0 Å². The lowest BCUT2D eigenvalue weighted by Gasteiger charge is -2.13. The molecule has 0 amide bonds. The van der Waals surface area contributed by atoms with Crippen molar-refractivity contribution in [1.82, 2.24) is 0 Å². The number of halogens is 3. The molecule has 3 rings (SSSR count). The van der Waals surface area contributed by atoms with Crippen LogP contribution in [-0.2, 0) is 6.54 Å². The molecular weight excluding hydrogens is 397 g/mol. The lowest BCUT2D eigenvalue weighted by Crippen LogP contribution is -2.01. The Morgan fingerprint density at radius 2 is 1.60 bits per heavy atom. The molecular formula is C19H14Cl3NOS. The highest BCUT2D eigenvalue weighted by Gasteiger charge is 2.09. The van der Waals surface area contributed by atoms with Crippen LogP contribution in [0.4, 0.5) is 5.69 Å². The highest BCUT2D eigenvalue weighted by molar-refractivity contribution is 7.99. The maximum atomic E-state index is 10.1. The fourth-order valence-electron chi connectivity index (χ4n) is 2.27. The topological polar surface area (TPSA) is 32.3 Å². The Morgan fingerprint density at radius 1 is 0.880 bits per heavy atom. The first kappa shape index (κ1) is 18.3. The van der Waals surface area contributed by atoms with Gasteiger partial charge in [0.1, 0.15) is 0 Å². The average Bonchev–Trinajstić information content (AvgIpc) is 2.60. The minimum absolute atomic E-state index is 0.00565. The maximum absolute atomic E-state index is 10.1. The molecule has 0 radical (unpaired) electrons. The zero-order chi connectivity index (χ0) is 17.8. The average molecular weight is 411 g/mol. The van der Waals surface area contributed by atoms with E-state index < -0.39 is 0 Å². The number of benzene rings is 3. The number of aromatic hydroxyl groups is 1. The van der Waals surface area contributed by atoms with Crippen LogP contribution in [-0.4, -0.2) is 5.11 Å². The molecule has 2 N–H and O–H groups in total. The first-order valence-electron chi connectivity index (χ1n) is 7.46. The van der Waals surface area contributed by atoms with Gasteiger partial charge < -0.3 is 10.4 Å². The van der Waals surface area contributed by atoms with Crippen LogP contribution in [0.3, 0.4) is 0 Å². The Morgan fingerprint density at radius 3 is 2.36 bits per heavy atom. The van der Waals surface area contributed by atoms with Crippen molar-refractivity contribution in [2.45, 2.75) is 16.3 Å². The zero-order valence-corrected chi connectivity index (χ0v) is 16.1. The Balaban J connectivity index is 1.78. The number of phenolic OH excluding ortho intramolecular Hbond substituents is 1. The van der Waals surface area contributed by atoms with Crippen LogP contribution in [0.15, 0.2) is 70.5 Å². The lowest BCUT2D eigenvalue weighted by molar-refractivity contribution is 0.477. The van der Waals surface area contributed by atoms with E-state index in [1.165, 1.54) is 6.07 Å². The molecule has 25 heavy (non-hydrogen) atoms. The first-order chi connectivity index (χ1) is 12.0. The second-order valence-corrected chi connectivity index (χ2v) is 7.70. The molecule has 6 heteroatoms. The van der Waals surface area contributed by atoms with Gasteiger partial charge in [0, 0.05) is 26.4 Å². The molecule has 3 aromatic rings. The summed E-state index contributed by atoms with van der Waals surface area (Å²) in [5.41, 5.74) is 1.60. The molecule has 0 aromatic heterocycles. The molecule has 0 heterocycles. The third kappa shape index (κ3) is 4.77. The number of nitrogens with one attached hydrogen (secondary N) is 1. The molecule has 0 aliphatic rings. The van der Waals surface area contributed by atoms with Crippen molar-refractivity contribution in [3.05, 3.63) is 81.3 Å². The van der Waals surface area contributed by atoms with Crippen molar-refractivity contribution in [2.24, 2.45) is 0 Å². The summed E-state index contributed by atoms with van der Waals surface area (Å²) in [7, 11) is 0. The van der Waals surface area contributed by atoms with Crippen LogP contribution in [0, 0.1) is 0 Å². The van der Waals surface area contributed by atoms with Gasteiger partial charge in [-0.3, -0.25) is 0 Å². The van der Waals surface area contributed by atoms with Gasteiger partial charge in [-0.15, -0.1) is 0 Å². The molecule has 0 atom stereocenters. The predicted molar refractivity (Wildman–Crippen MR) is 107 cm³/mol. The Labute approximate surface area is 165 Å². The zero-order valence-electron chi connectivity index (χ0n) is 13.0. The molecule has 0 fully saturated rings. The molecule has 2 nitrogen and oxygen atoms in total. The lowest BCUT2D eigenvalue weighted by atomic mass is 10.2. The summed E-state index contributed by atoms with van der Waals surface area (Å²) >= 11 is 19.6. The van der Waals surface area contributed by atoms with Crippen molar-refractivity contribution in [3.63, 3.8) is 0 Å². The second kappa shape index (κ2) is 8.24. The van der Waals surface area contributed by atoms with Crippen LogP contribution in [0.2, 0.25) is 15.1 Å². The summed E-state index contributed by atoms with van der Waals surface area (Å²) in [6.07, 6.45) is 0. The maximum Gasteiger partial charge on any atom is 0.157 e. The molecule has 0 spiro atoms. The number of hydrogen-bond acceptors (Lipinski definition) is 3. The third-order valence-corrected chi connectivity index (χ3v) is 5.40. The van der Waals surface area contributed by atoms with Crippen molar-refractivity contribution in [2.75, 3.05) is 5.32 Å². The Bertz CT molecular complexity index is 884. The summed E-state index contributed by atoms with van der Waals surface area (Å²) in [6, 6.07) is 18.9. The Hall–Kier alpha value is -1.52. The number of anilines is 1. The largest absolute Gasteiger partial charge is 0.504 e. The molecule has 0 aliphatic heterocycles. The summed E-state index contributed by atoms with van der Waals surface area (Å²) < 4.78 is 0. The number of hydrogen-bond donors (Lipinski definition) is 2. The van der Waals surface area contributed by atoms with Crippen molar-refractivity contribution in [3.8, 4) is 5.75 Å². The fourth-order valence-corrected chi connectivity index (χ4v) is 3.83. The van der Waals surface area contributed by atoms with Crippen molar-refractivity contribution >= 4 is 52.3 Å². The molecule has 0 aliphatic carbocycles. The van der Waals surface area contributed by atoms with Gasteiger partial charge >= 0.3 is 0 Å². The monoisotopic (exact) mass is 409 g/mol. The van der Waals surface area contributed by atoms with Crippen LogP contribution in [0.1, 0.15) is 5.56 Å². The van der Waals surface area contributed by atoms with E-state index in [2.05, 4.69) is 11.4 Å². The second-order valence-electron chi connectivity index (χ2n) is 5.30. The van der Waals surface area contributed by atoms with Gasteiger partial charge in [-0.05, 0) is 48.0 Å². The van der Waals surface area contributed by atoms with E-state index in [0.717, 1.165) is 15.4 Å². The van der Waals surface area contributed by atoms with Crippen molar-refractivity contribution in [1.29, 1.82) is 0 Å². The summed E-state index contributed by atoms with van der Waals surface area (Å²) in [5.74, 6) is -0.00565. The molecule has 0 saturated carbocycles. The van der Waals surface area contributed by atoms with Gasteiger partial charge in [-0.1, -0.05) is 64.8 Å². The van der Waals surface area contributed by atoms with Gasteiger partial charge in [0.15, 0.2) is 5.75 Å². The molecule has 0 bridgehead atoms. The quantitative estimate of drug-likeness (QED) is 0.439. The van der Waals surface area contributed by atoms with Gasteiger partial charge in [-0.25, -0.2) is 0 Å². The fraction of sp³-hybridized carbons (Fsp3) is 0.0526. The van der Waals surface area contributed by atoms with E-state index in [1.54, 1.807) is 17.8 Å². The highest BCUT2D eigenvalue weighted by atomic mass is 35.5. The molecule has 0 saturated heterocycles. The van der Waals surface area contributed by atoms with E-state index in [9.17, 15) is 5.11 Å². The summed E-state index contributed by atoms with van der Waals surface area (Å²) in [4.78, 5) is 2.22. The SMILES string of the molecule is Oc1c(Cl)cc(Cl)cc1NCc1ccccc1Sc1ccc(Cl)cc1. The van der Waals surface area contributed by atoms with Crippen LogP contribution in [0.5, 0.6) is 5.75 Å². The number of rotatable bonds is 5. The predicted octanol–water partition coefficient (Wildman–Crippen LogP) is 7.12. The van der Waals surface area contributed by atoms with Crippen LogP contribution < -0.4 is 5.32 Å². The minimum atomic E-state index is -0.00565. The smallest absolute Gasteiger partial charge is 0.157 e. The first-order valence-corrected chi connectivity index (χ1v) is 9.41. The Kier molecular flexibility index (Phi) is 6.02. The molecule has 128 valence electrons. The van der Waals surface area contributed by atoms with Crippen molar-refractivity contribution < 1.29 is 5.11 Å². The molecule has 0 unspecified atom stereocenters. The van der Waals surface area contributed by atoms with E-state index in [-0.39, 0.29) is 10.8 Å². The van der Waals surface area contributed by atoms with Gasteiger partial charge in [-0.2, -0.15) is 0 Å². The van der Waals surface area contributed by atoms with Crippen LogP contribution >= 0.6 is 46.6 Å². The van der Waals surface area contributed by atoms with E-state index in [0.29, 0.717) is 22.3 Å². The minimum Gasteiger partial charge on any atom is -0.504 e. The summed E-state index contributed by atoms with van der Waals surface area (Å²) in [6.45, 7) is 0.529.